The van der Waals surface area contributed by atoms with Crippen LogP contribution >= 0.6 is 0 Å². The van der Waals surface area contributed by atoms with Crippen LogP contribution in [-0.4, -0.2) is 74.9 Å². The van der Waals surface area contributed by atoms with E-state index in [0.717, 1.165) is 25.1 Å². The maximum atomic E-state index is 13.5. The number of alkyl halides is 3. The van der Waals surface area contributed by atoms with E-state index < -0.39 is 30.5 Å². The van der Waals surface area contributed by atoms with Gasteiger partial charge in [0.25, 0.3) is 0 Å². The van der Waals surface area contributed by atoms with Crippen molar-refractivity contribution >= 4 is 23.2 Å². The summed E-state index contributed by atoms with van der Waals surface area (Å²) in [6.07, 6.45) is -1.21. The summed E-state index contributed by atoms with van der Waals surface area (Å²) in [6, 6.07) is 5.42. The molecule has 0 spiro atoms. The normalized spacial score (nSPS) is 17.6. The third-order valence-corrected chi connectivity index (χ3v) is 6.27. The largest absolute Gasteiger partial charge is 0.474 e. The number of hydrogen-bond acceptors (Lipinski definition) is 9. The number of anilines is 3. The number of piperidine rings is 1. The van der Waals surface area contributed by atoms with Crippen LogP contribution in [0.4, 0.5) is 35.2 Å². The van der Waals surface area contributed by atoms with Gasteiger partial charge in [-0.2, -0.15) is 18.3 Å². The Balaban J connectivity index is 1.44. The number of hydrogen-bond donors (Lipinski definition) is 3. The first-order valence-electron chi connectivity index (χ1n) is 11.9. The molecule has 3 N–H and O–H groups in total. The Morgan fingerprint density at radius 3 is 2.89 bits per heavy atom. The number of urea groups is 1. The minimum absolute atomic E-state index is 0.0346. The van der Waals surface area contributed by atoms with Crippen LogP contribution in [0.3, 0.4) is 0 Å². The van der Waals surface area contributed by atoms with Gasteiger partial charge >= 0.3 is 12.2 Å². The molecule has 0 radical (unpaired) electrons. The molecule has 0 unspecified atom stereocenters. The van der Waals surface area contributed by atoms with Gasteiger partial charge in [0.15, 0.2) is 11.6 Å². The molecule has 0 saturated carbocycles. The number of aliphatic hydroxyl groups is 2. The summed E-state index contributed by atoms with van der Waals surface area (Å²) >= 11 is 0. The van der Waals surface area contributed by atoms with Crippen molar-refractivity contribution in [1.82, 2.24) is 20.2 Å². The molecule has 11 nitrogen and oxygen atoms in total. The second kappa shape index (κ2) is 10.4. The lowest BCUT2D eigenvalue weighted by Crippen LogP contribution is -2.56. The van der Waals surface area contributed by atoms with E-state index in [9.17, 15) is 23.1 Å². The van der Waals surface area contributed by atoms with Crippen molar-refractivity contribution in [3.05, 3.63) is 48.3 Å². The molecule has 2 aromatic heterocycles. The number of aliphatic hydroxyl groups excluding tert-OH is 2. The first kappa shape index (κ1) is 25.6. The number of amides is 2. The molecule has 2 amide bonds. The lowest BCUT2D eigenvalue weighted by molar-refractivity contribution is -0.137. The summed E-state index contributed by atoms with van der Waals surface area (Å²) in [6.45, 7) is 0.616. The monoisotopic (exact) mass is 531 g/mol. The molecule has 1 saturated heterocycles. The number of nitrogens with one attached hydrogen (secondary N) is 1. The van der Waals surface area contributed by atoms with Crippen LogP contribution in [-0.2, 0) is 6.18 Å². The molecule has 2 bridgehead atoms. The molecule has 0 aliphatic carbocycles. The average Bonchev–Trinajstić information content (AvgIpc) is 2.91. The Morgan fingerprint density at radius 1 is 1.26 bits per heavy atom. The highest BCUT2D eigenvalue weighted by atomic mass is 19.4. The SMILES string of the molecule is O=C(Nc1cnnc(OC[C@@H](O)CO)c1)N1c2nc(-c3cccc(C(F)(F)F)c3)ncc2N2CCC[C@H]1C2. The van der Waals surface area contributed by atoms with Crippen molar-refractivity contribution in [2.45, 2.75) is 31.2 Å². The van der Waals surface area contributed by atoms with Gasteiger partial charge in [0.2, 0.25) is 5.88 Å². The van der Waals surface area contributed by atoms with Gasteiger partial charge < -0.3 is 25.2 Å². The van der Waals surface area contributed by atoms with Gasteiger partial charge in [0.05, 0.1) is 42.0 Å². The average molecular weight is 531 g/mol. The number of nitrogens with zero attached hydrogens (tertiary/aromatic N) is 6. The molecule has 38 heavy (non-hydrogen) atoms. The van der Waals surface area contributed by atoms with Crippen LogP contribution in [0.1, 0.15) is 18.4 Å². The molecule has 5 rings (SSSR count). The Morgan fingerprint density at radius 2 is 2.11 bits per heavy atom. The van der Waals surface area contributed by atoms with Crippen molar-refractivity contribution in [2.75, 3.05) is 41.4 Å². The first-order chi connectivity index (χ1) is 18.2. The van der Waals surface area contributed by atoms with Gasteiger partial charge in [-0.05, 0) is 25.0 Å². The highest BCUT2D eigenvalue weighted by Gasteiger charge is 2.39. The number of ether oxygens (including phenoxy) is 1. The highest BCUT2D eigenvalue weighted by molar-refractivity contribution is 6.04. The molecule has 200 valence electrons. The molecule has 1 aromatic carbocycles. The maximum Gasteiger partial charge on any atom is 0.416 e. The fourth-order valence-electron chi connectivity index (χ4n) is 4.46. The number of carbonyl (C=O) groups excluding carboxylic acids is 1. The van der Waals surface area contributed by atoms with Gasteiger partial charge in [-0.15, -0.1) is 5.10 Å². The van der Waals surface area contributed by atoms with E-state index in [4.69, 9.17) is 9.84 Å². The summed E-state index contributed by atoms with van der Waals surface area (Å²) in [5.74, 6) is 0.398. The van der Waals surface area contributed by atoms with E-state index in [2.05, 4.69) is 30.4 Å². The number of aromatic nitrogens is 4. The number of halogens is 3. The summed E-state index contributed by atoms with van der Waals surface area (Å²) < 4.78 is 45.1. The third kappa shape index (κ3) is 5.31. The maximum absolute atomic E-state index is 13.5. The quantitative estimate of drug-likeness (QED) is 0.439. The lowest BCUT2D eigenvalue weighted by Gasteiger charge is -2.45. The molecular formula is C24H24F3N7O4. The fraction of sp³-hybridized carbons (Fsp3) is 0.375. The van der Waals surface area contributed by atoms with Crippen molar-refractivity contribution in [3.63, 3.8) is 0 Å². The van der Waals surface area contributed by atoms with E-state index >= 15 is 0 Å². The van der Waals surface area contributed by atoms with Gasteiger partial charge in [-0.1, -0.05) is 12.1 Å². The molecule has 14 heteroatoms. The van der Waals surface area contributed by atoms with Crippen LogP contribution in [0.2, 0.25) is 0 Å². The fourth-order valence-corrected chi connectivity index (χ4v) is 4.46. The molecule has 1 fully saturated rings. The zero-order chi connectivity index (χ0) is 26.9. The van der Waals surface area contributed by atoms with Gasteiger partial charge in [-0.3, -0.25) is 4.90 Å². The zero-order valence-corrected chi connectivity index (χ0v) is 20.0. The minimum atomic E-state index is -4.52. The molecule has 3 aromatic rings. The van der Waals surface area contributed by atoms with E-state index in [-0.39, 0.29) is 35.6 Å². The summed E-state index contributed by atoms with van der Waals surface area (Å²) in [5, 5.41) is 28.7. The summed E-state index contributed by atoms with van der Waals surface area (Å²) in [4.78, 5) is 25.9. The van der Waals surface area contributed by atoms with Gasteiger partial charge in [0, 0.05) is 24.7 Å². The Bertz CT molecular complexity index is 1330. The number of carbonyl (C=O) groups is 1. The van der Waals surface area contributed by atoms with E-state index in [1.54, 1.807) is 0 Å². The van der Waals surface area contributed by atoms with Crippen molar-refractivity contribution in [1.29, 1.82) is 0 Å². The minimum Gasteiger partial charge on any atom is -0.474 e. The first-order valence-corrected chi connectivity index (χ1v) is 11.9. The van der Waals surface area contributed by atoms with E-state index in [1.807, 2.05) is 0 Å². The zero-order valence-electron chi connectivity index (χ0n) is 20.0. The number of benzene rings is 1. The molecular weight excluding hydrogens is 507 g/mol. The van der Waals surface area contributed by atoms with Crippen molar-refractivity contribution in [2.24, 2.45) is 0 Å². The summed E-state index contributed by atoms with van der Waals surface area (Å²) in [7, 11) is 0. The Labute approximate surface area is 214 Å². The summed E-state index contributed by atoms with van der Waals surface area (Å²) in [5.41, 5.74) is 0.243. The van der Waals surface area contributed by atoms with Gasteiger partial charge in [0.1, 0.15) is 12.7 Å². The Kier molecular flexibility index (Phi) is 6.99. The van der Waals surface area contributed by atoms with Crippen LogP contribution in [0, 0.1) is 0 Å². The smallest absolute Gasteiger partial charge is 0.416 e. The molecule has 4 heterocycles. The highest BCUT2D eigenvalue weighted by Crippen LogP contribution is 2.39. The molecule has 2 aliphatic rings. The third-order valence-electron chi connectivity index (χ3n) is 6.27. The van der Waals surface area contributed by atoms with E-state index in [1.165, 1.54) is 35.5 Å². The van der Waals surface area contributed by atoms with E-state index in [0.29, 0.717) is 24.5 Å². The predicted molar refractivity (Wildman–Crippen MR) is 130 cm³/mol. The van der Waals surface area contributed by atoms with Crippen LogP contribution in [0.5, 0.6) is 5.88 Å². The second-order valence-electron chi connectivity index (χ2n) is 8.95. The van der Waals surface area contributed by atoms with Crippen LogP contribution < -0.4 is 19.9 Å². The standard InChI is InChI=1S/C24H24F3N7O4/c25-24(26,27)15-4-1-3-14(7-15)21-28-10-19-22(31-21)34(17-5-2-6-33(19)11-17)23(37)30-16-8-20(32-29-9-16)38-13-18(36)12-35/h1,3-4,7-10,17-18,35-36H,2,5-6,11-13H2,(H,30,32,37)/t17-,18-/m0/s1. The molecule has 2 atom stereocenters. The van der Waals surface area contributed by atoms with Gasteiger partial charge in [-0.25, -0.2) is 14.8 Å². The number of rotatable bonds is 6. The number of fused-ring (bicyclic) bond motifs is 4. The van der Waals surface area contributed by atoms with Crippen molar-refractivity contribution < 1.29 is 32.9 Å². The van der Waals surface area contributed by atoms with Crippen molar-refractivity contribution in [3.8, 4) is 17.3 Å². The topological polar surface area (TPSA) is 137 Å². The lowest BCUT2D eigenvalue weighted by atomic mass is 10.0. The Hall–Kier alpha value is -4.04. The second-order valence-corrected chi connectivity index (χ2v) is 8.95. The van der Waals surface area contributed by atoms with Crippen LogP contribution in [0.25, 0.3) is 11.4 Å². The predicted octanol–water partition coefficient (Wildman–Crippen LogP) is 2.71. The molecule has 2 aliphatic heterocycles. The van der Waals surface area contributed by atoms with Crippen LogP contribution in [0.15, 0.2) is 42.7 Å².